The number of carbonyl (C=O) groups excluding carboxylic acids is 1. The number of nitrogens with one attached hydrogen (secondary N) is 1. The van der Waals surface area contributed by atoms with Crippen LogP contribution in [0.25, 0.3) is 5.69 Å². The first-order chi connectivity index (χ1) is 19.2. The maximum absolute atomic E-state index is 13.7. The number of rotatable bonds is 10. The number of hydrogen-bond donors (Lipinski definition) is 1. The second-order valence-electron chi connectivity index (χ2n) is 8.77. The van der Waals surface area contributed by atoms with E-state index in [0.29, 0.717) is 11.5 Å². The van der Waals surface area contributed by atoms with E-state index >= 15 is 0 Å². The molecular formula is C29H29BrN4O5S. The van der Waals surface area contributed by atoms with Crippen molar-refractivity contribution in [3.05, 3.63) is 100 Å². The number of anilines is 1. The van der Waals surface area contributed by atoms with Gasteiger partial charge in [0, 0.05) is 21.4 Å². The van der Waals surface area contributed by atoms with Crippen molar-refractivity contribution in [3.8, 4) is 17.2 Å². The number of carbonyl (C=O) groups is 1. The minimum atomic E-state index is -4.15. The van der Waals surface area contributed by atoms with E-state index in [0.717, 1.165) is 31.4 Å². The zero-order chi connectivity index (χ0) is 28.9. The Hall–Kier alpha value is -4.09. The van der Waals surface area contributed by atoms with Gasteiger partial charge in [0.15, 0.2) is 0 Å². The lowest BCUT2D eigenvalue weighted by Gasteiger charge is -2.25. The molecule has 208 valence electrons. The first-order valence-electron chi connectivity index (χ1n) is 12.2. The molecule has 3 aromatic carbocycles. The third-order valence-corrected chi connectivity index (χ3v) is 8.69. The highest BCUT2D eigenvalue weighted by Crippen LogP contribution is 2.32. The van der Waals surface area contributed by atoms with Gasteiger partial charge in [-0.1, -0.05) is 24.3 Å². The summed E-state index contributed by atoms with van der Waals surface area (Å²) in [7, 11) is -1.22. The van der Waals surface area contributed by atoms with Gasteiger partial charge in [-0.2, -0.15) is 5.10 Å². The fourth-order valence-corrected chi connectivity index (χ4v) is 6.17. The number of methoxy groups -OCH3 is 2. The van der Waals surface area contributed by atoms with Gasteiger partial charge in [0.1, 0.15) is 18.0 Å². The fourth-order valence-electron chi connectivity index (χ4n) is 4.27. The molecule has 0 spiro atoms. The molecule has 1 N–H and O–H groups in total. The zero-order valence-corrected chi connectivity index (χ0v) is 24.9. The molecule has 40 heavy (non-hydrogen) atoms. The standard InChI is InChI=1S/C29H29BrN4O5S/c1-20-17-22(21(2)34(20)26-10-6-5-9-25(26)30)18-31-32-29(35)19-33(27-11-7-8-12-28(27)39-4)40(36,37)24-15-13-23(38-3)14-16-24/h5-18H,19H2,1-4H3,(H,32,35)/b31-18-. The maximum Gasteiger partial charge on any atom is 0.264 e. The van der Waals surface area contributed by atoms with E-state index in [1.165, 1.54) is 26.4 Å². The molecule has 1 aromatic heterocycles. The SMILES string of the molecule is COc1ccc(S(=O)(=O)N(CC(=O)N/N=C\c2cc(C)n(-c3ccccc3Br)c2C)c2ccccc2OC)cc1. The highest BCUT2D eigenvalue weighted by Gasteiger charge is 2.29. The first-order valence-corrected chi connectivity index (χ1v) is 14.5. The smallest absolute Gasteiger partial charge is 0.264 e. The molecule has 0 aliphatic carbocycles. The molecule has 1 heterocycles. The molecule has 0 unspecified atom stereocenters. The number of hydrogen-bond acceptors (Lipinski definition) is 6. The van der Waals surface area contributed by atoms with Crippen molar-refractivity contribution in [3.63, 3.8) is 0 Å². The molecule has 1 amide bonds. The average Bonchev–Trinajstić information content (AvgIpc) is 3.24. The Morgan fingerprint density at radius 2 is 1.68 bits per heavy atom. The second kappa shape index (κ2) is 12.4. The van der Waals surface area contributed by atoms with E-state index < -0.39 is 22.5 Å². The Labute approximate surface area is 242 Å². The highest BCUT2D eigenvalue weighted by atomic mass is 79.9. The summed E-state index contributed by atoms with van der Waals surface area (Å²) < 4.78 is 41.9. The average molecular weight is 626 g/mol. The Morgan fingerprint density at radius 1 is 1.00 bits per heavy atom. The monoisotopic (exact) mass is 624 g/mol. The lowest BCUT2D eigenvalue weighted by molar-refractivity contribution is -0.119. The molecular weight excluding hydrogens is 596 g/mol. The number of hydrazone groups is 1. The zero-order valence-electron chi connectivity index (χ0n) is 22.5. The Balaban J connectivity index is 1.59. The largest absolute Gasteiger partial charge is 0.497 e. The van der Waals surface area contributed by atoms with Crippen LogP contribution in [0.2, 0.25) is 0 Å². The van der Waals surface area contributed by atoms with Gasteiger partial charge >= 0.3 is 0 Å². The van der Waals surface area contributed by atoms with Gasteiger partial charge in [0.2, 0.25) is 0 Å². The van der Waals surface area contributed by atoms with E-state index in [-0.39, 0.29) is 10.6 Å². The molecule has 0 fully saturated rings. The van der Waals surface area contributed by atoms with Crippen molar-refractivity contribution in [1.82, 2.24) is 9.99 Å². The molecule has 0 atom stereocenters. The van der Waals surface area contributed by atoms with E-state index in [4.69, 9.17) is 9.47 Å². The number of nitrogens with zero attached hydrogens (tertiary/aromatic N) is 3. The lowest BCUT2D eigenvalue weighted by atomic mass is 10.2. The summed E-state index contributed by atoms with van der Waals surface area (Å²) in [5.41, 5.74) is 6.39. The number of ether oxygens (including phenoxy) is 2. The summed E-state index contributed by atoms with van der Waals surface area (Å²) in [5, 5.41) is 4.12. The molecule has 0 radical (unpaired) electrons. The molecule has 0 aliphatic rings. The van der Waals surface area contributed by atoms with Crippen molar-refractivity contribution < 1.29 is 22.7 Å². The maximum atomic E-state index is 13.7. The van der Waals surface area contributed by atoms with Gasteiger partial charge in [-0.05, 0) is 84.4 Å². The van der Waals surface area contributed by atoms with Gasteiger partial charge in [-0.25, -0.2) is 13.8 Å². The molecule has 0 saturated carbocycles. The van der Waals surface area contributed by atoms with E-state index in [1.807, 2.05) is 44.2 Å². The summed E-state index contributed by atoms with van der Waals surface area (Å²) in [5.74, 6) is 0.183. The Kier molecular flexibility index (Phi) is 8.96. The van der Waals surface area contributed by atoms with Gasteiger partial charge in [-0.15, -0.1) is 0 Å². The predicted molar refractivity (Wildman–Crippen MR) is 159 cm³/mol. The number of para-hydroxylation sites is 3. The summed E-state index contributed by atoms with van der Waals surface area (Å²) in [6, 6.07) is 22.4. The van der Waals surface area contributed by atoms with Crippen LogP contribution >= 0.6 is 15.9 Å². The van der Waals surface area contributed by atoms with E-state index in [2.05, 4.69) is 31.0 Å². The van der Waals surface area contributed by atoms with Crippen molar-refractivity contribution in [1.29, 1.82) is 0 Å². The minimum Gasteiger partial charge on any atom is -0.497 e. The van der Waals surface area contributed by atoms with Crippen molar-refractivity contribution in [2.24, 2.45) is 5.10 Å². The van der Waals surface area contributed by atoms with Crippen molar-refractivity contribution in [2.45, 2.75) is 18.7 Å². The van der Waals surface area contributed by atoms with Crippen LogP contribution in [0.15, 0.2) is 93.3 Å². The van der Waals surface area contributed by atoms with Crippen LogP contribution in [-0.4, -0.2) is 45.9 Å². The third-order valence-electron chi connectivity index (χ3n) is 6.25. The molecule has 9 nitrogen and oxygen atoms in total. The topological polar surface area (TPSA) is 102 Å². The number of amides is 1. The normalized spacial score (nSPS) is 11.4. The summed E-state index contributed by atoms with van der Waals surface area (Å²) >= 11 is 3.59. The minimum absolute atomic E-state index is 0.00461. The fraction of sp³-hybridized carbons (Fsp3) is 0.172. The number of halogens is 1. The van der Waals surface area contributed by atoms with Gasteiger partial charge in [0.05, 0.1) is 36.7 Å². The highest BCUT2D eigenvalue weighted by molar-refractivity contribution is 9.10. The van der Waals surface area contributed by atoms with Gasteiger partial charge in [0.25, 0.3) is 15.9 Å². The summed E-state index contributed by atoms with van der Waals surface area (Å²) in [6.45, 7) is 3.42. The molecule has 11 heteroatoms. The van der Waals surface area contributed by atoms with E-state index in [9.17, 15) is 13.2 Å². The van der Waals surface area contributed by atoms with Gasteiger partial charge in [-0.3, -0.25) is 9.10 Å². The molecule has 0 saturated heterocycles. The van der Waals surface area contributed by atoms with E-state index in [1.54, 1.807) is 42.6 Å². The summed E-state index contributed by atoms with van der Waals surface area (Å²) in [4.78, 5) is 13.0. The second-order valence-corrected chi connectivity index (χ2v) is 11.5. The van der Waals surface area contributed by atoms with Crippen LogP contribution in [0.5, 0.6) is 11.5 Å². The Morgan fingerprint density at radius 3 is 2.35 bits per heavy atom. The first kappa shape index (κ1) is 28.9. The van der Waals surface area contributed by atoms with Crippen LogP contribution in [-0.2, 0) is 14.8 Å². The van der Waals surface area contributed by atoms with Crippen LogP contribution in [0.4, 0.5) is 5.69 Å². The number of aromatic nitrogens is 1. The predicted octanol–water partition coefficient (Wildman–Crippen LogP) is 5.22. The van der Waals surface area contributed by atoms with Crippen molar-refractivity contribution >= 4 is 43.8 Å². The number of aryl methyl sites for hydroxylation is 1. The lowest BCUT2D eigenvalue weighted by Crippen LogP contribution is -2.39. The molecule has 0 bridgehead atoms. The number of sulfonamides is 1. The summed E-state index contributed by atoms with van der Waals surface area (Å²) in [6.07, 6.45) is 1.54. The molecule has 4 aromatic rings. The molecule has 0 aliphatic heterocycles. The van der Waals surface area contributed by atoms with Crippen LogP contribution in [0, 0.1) is 13.8 Å². The number of benzene rings is 3. The Bertz CT molecular complexity index is 1650. The van der Waals surface area contributed by atoms with Crippen LogP contribution in [0.1, 0.15) is 17.0 Å². The molecule has 4 rings (SSSR count). The quantitative estimate of drug-likeness (QED) is 0.192. The third kappa shape index (κ3) is 6.05. The van der Waals surface area contributed by atoms with Crippen molar-refractivity contribution in [2.75, 3.05) is 25.1 Å². The van der Waals surface area contributed by atoms with Gasteiger partial charge < -0.3 is 14.0 Å². The van der Waals surface area contributed by atoms with Crippen LogP contribution < -0.4 is 19.2 Å². The van der Waals surface area contributed by atoms with Crippen LogP contribution in [0.3, 0.4) is 0 Å².